The maximum absolute atomic E-state index is 14.8. The van der Waals surface area contributed by atoms with Gasteiger partial charge in [-0.15, -0.1) is 11.3 Å². The quantitative estimate of drug-likeness (QED) is 0.0857. The number of nitrogens with two attached hydrogens (primary N) is 1. The largest absolute Gasteiger partial charge is 0.481 e. The van der Waals surface area contributed by atoms with E-state index in [-0.39, 0.29) is 64.5 Å². The monoisotopic (exact) mass is 971 g/mol. The highest BCUT2D eigenvalue weighted by molar-refractivity contribution is 7.09. The summed E-state index contributed by atoms with van der Waals surface area (Å²) in [6, 6.07) is 1.28. The van der Waals surface area contributed by atoms with Gasteiger partial charge in [-0.3, -0.25) is 43.2 Å². The van der Waals surface area contributed by atoms with Crippen LogP contribution in [-0.4, -0.2) is 138 Å². The summed E-state index contributed by atoms with van der Waals surface area (Å²) in [7, 11) is 0. The van der Waals surface area contributed by atoms with Gasteiger partial charge in [-0.2, -0.15) is 0 Å². The highest BCUT2D eigenvalue weighted by atomic mass is 32.1. The molecule has 5 heterocycles. The van der Waals surface area contributed by atoms with Crippen molar-refractivity contribution in [3.05, 3.63) is 76.6 Å². The normalized spacial score (nSPS) is 22.9. The number of para-hydroxylation sites is 1. The van der Waals surface area contributed by atoms with Gasteiger partial charge in [-0.1, -0.05) is 44.0 Å². The Hall–Kier alpha value is -7.10. The average molecular weight is 972 g/mol. The number of aliphatic carboxylic acids is 1. The number of imidazole rings is 1. The minimum Gasteiger partial charge on any atom is -0.481 e. The molecule has 8 amide bonds. The second-order valence-corrected chi connectivity index (χ2v) is 18.5. The molecule has 2 fully saturated rings. The van der Waals surface area contributed by atoms with Crippen molar-refractivity contribution in [2.24, 2.45) is 5.73 Å². The Morgan fingerprint density at radius 3 is 2.33 bits per heavy atom. The topological polar surface area (TPSA) is 311 Å². The number of aromatic nitrogens is 3. The number of nitrogens with one attached hydrogen (secondary N) is 7. The third kappa shape index (κ3) is 13.5. The fourth-order valence-corrected chi connectivity index (χ4v) is 9.76. The van der Waals surface area contributed by atoms with Crippen LogP contribution in [0, 0.1) is 0 Å². The van der Waals surface area contributed by atoms with Gasteiger partial charge in [0.1, 0.15) is 42.3 Å². The molecule has 0 radical (unpaired) electrons. The molecular weight excluding hydrogens is 911 g/mol. The first-order valence-electron chi connectivity index (χ1n) is 23.3. The van der Waals surface area contributed by atoms with Gasteiger partial charge in [0.05, 0.1) is 12.7 Å². The van der Waals surface area contributed by atoms with Crippen LogP contribution in [-0.2, 0) is 62.4 Å². The molecule has 1 aromatic carbocycles. The summed E-state index contributed by atoms with van der Waals surface area (Å²) in [5, 5.41) is 26.7. The van der Waals surface area contributed by atoms with Gasteiger partial charge in [0.15, 0.2) is 0 Å². The second-order valence-electron chi connectivity index (χ2n) is 17.5. The number of carboxylic acid groups (broad SMARTS) is 1. The number of H-pyrrole nitrogens is 2. The molecule has 2 saturated heterocycles. The number of carbonyl (C=O) groups is 9. The molecule has 22 heteroatoms. The van der Waals surface area contributed by atoms with Crippen LogP contribution in [0.25, 0.3) is 10.9 Å². The molecule has 4 aromatic rings. The molecular formula is C47H61N11O10S. The van der Waals surface area contributed by atoms with E-state index >= 15 is 0 Å². The zero-order valence-electron chi connectivity index (χ0n) is 38.7. The van der Waals surface area contributed by atoms with Gasteiger partial charge >= 0.3 is 5.97 Å². The zero-order valence-corrected chi connectivity index (χ0v) is 39.5. The number of hydrogen-bond acceptors (Lipinski definition) is 11. The van der Waals surface area contributed by atoms with Crippen LogP contribution in [0.1, 0.15) is 87.8 Å². The minimum atomic E-state index is -1.95. The lowest BCUT2D eigenvalue weighted by atomic mass is 9.98. The second kappa shape index (κ2) is 24.3. The summed E-state index contributed by atoms with van der Waals surface area (Å²) in [6.07, 6.45) is 5.27. The molecule has 0 bridgehead atoms. The number of benzene rings is 1. The standard InChI is InChI=1S/C47H61N11O10S/c1-3-4-13-33(53-27(2)59)47(68)58-37(41(48)62)15-7-8-17-50-42(63)34(20-28-24-51-32-14-6-5-12-31(28)32)54-44(65)38-16-9-18-57(38)46(67)36(22-30-11-10-19-69-30)56-43(64)35(21-29-25-49-26-52-29)55-45(66)39(58)23-40(60)61/h5-6,10-12,14,19,24-26,33-39,51H,3-4,7-9,13,15-18,20-23H2,1-2H3,(H2,48,62)(H,49,52)(H,50,63)(H,53,59)(H,54,65)(H,55,66)(H,56,64)(H,60,61)/t33-,34-,35-,36+,37-,38-,39-/m0/s1. The first kappa shape index (κ1) is 51.3. The lowest BCUT2D eigenvalue weighted by Crippen LogP contribution is -2.64. The Balaban J connectivity index is 1.43. The van der Waals surface area contributed by atoms with Crippen molar-refractivity contribution in [3.63, 3.8) is 0 Å². The van der Waals surface area contributed by atoms with Crippen molar-refractivity contribution in [2.45, 2.75) is 133 Å². The summed E-state index contributed by atoms with van der Waals surface area (Å²) in [5.41, 5.74) is 7.95. The molecule has 2 aliphatic rings. The van der Waals surface area contributed by atoms with E-state index < -0.39 is 102 Å². The summed E-state index contributed by atoms with van der Waals surface area (Å²) >= 11 is 1.34. The first-order chi connectivity index (χ1) is 33.1. The summed E-state index contributed by atoms with van der Waals surface area (Å²) in [4.78, 5) is 139. The number of carbonyl (C=O) groups excluding carboxylic acids is 8. The van der Waals surface area contributed by atoms with Gasteiger partial charge in [-0.25, -0.2) is 4.98 Å². The highest BCUT2D eigenvalue weighted by Gasteiger charge is 2.44. The van der Waals surface area contributed by atoms with E-state index in [1.165, 1.54) is 35.7 Å². The third-order valence-corrected chi connectivity index (χ3v) is 13.3. The summed E-state index contributed by atoms with van der Waals surface area (Å²) < 4.78 is 0. The van der Waals surface area contributed by atoms with E-state index in [0.29, 0.717) is 29.8 Å². The van der Waals surface area contributed by atoms with Crippen molar-refractivity contribution in [2.75, 3.05) is 13.1 Å². The van der Waals surface area contributed by atoms with Gasteiger partial charge < -0.3 is 57.2 Å². The van der Waals surface area contributed by atoms with Crippen molar-refractivity contribution in [1.82, 2.24) is 51.3 Å². The number of thiophene rings is 1. The van der Waals surface area contributed by atoms with E-state index in [2.05, 4.69) is 41.5 Å². The van der Waals surface area contributed by atoms with Crippen LogP contribution in [0.4, 0.5) is 0 Å². The van der Waals surface area contributed by atoms with Crippen molar-refractivity contribution in [1.29, 1.82) is 0 Å². The predicted molar refractivity (Wildman–Crippen MR) is 253 cm³/mol. The Kier molecular flexibility index (Phi) is 18.0. The van der Waals surface area contributed by atoms with E-state index in [9.17, 15) is 48.3 Å². The lowest BCUT2D eigenvalue weighted by Gasteiger charge is -2.38. The number of unbranched alkanes of at least 4 members (excludes halogenated alkanes) is 1. The number of hydrogen-bond donors (Lipinski definition) is 9. The number of amides is 8. The Morgan fingerprint density at radius 1 is 0.884 bits per heavy atom. The number of fused-ring (bicyclic) bond motifs is 2. The molecule has 7 atom stereocenters. The highest BCUT2D eigenvalue weighted by Crippen LogP contribution is 2.24. The van der Waals surface area contributed by atoms with Crippen molar-refractivity contribution < 1.29 is 48.3 Å². The van der Waals surface area contributed by atoms with E-state index in [4.69, 9.17) is 5.73 Å². The minimum absolute atomic E-state index is 0.00406. The molecule has 2 aliphatic heterocycles. The van der Waals surface area contributed by atoms with Crippen LogP contribution >= 0.6 is 11.3 Å². The number of nitrogens with zero attached hydrogens (tertiary/aromatic N) is 3. The third-order valence-electron chi connectivity index (χ3n) is 12.4. The maximum atomic E-state index is 14.8. The van der Waals surface area contributed by atoms with Crippen molar-refractivity contribution >= 4 is 75.5 Å². The fourth-order valence-electron chi connectivity index (χ4n) is 9.01. The predicted octanol–water partition coefficient (Wildman–Crippen LogP) is 0.947. The van der Waals surface area contributed by atoms with Crippen LogP contribution in [0.2, 0.25) is 0 Å². The van der Waals surface area contributed by atoms with Gasteiger partial charge in [-0.05, 0) is 61.6 Å². The fraction of sp³-hybridized carbons (Fsp3) is 0.489. The molecule has 6 rings (SSSR count). The molecule has 3 aromatic heterocycles. The summed E-state index contributed by atoms with van der Waals surface area (Å²) in [6.45, 7) is 3.24. The molecule has 69 heavy (non-hydrogen) atoms. The SMILES string of the molecule is CCCC[C@H](NC(C)=O)C(=O)N1[C@H](C(N)=O)CCCCNC(=O)[C@H](Cc2c[nH]c3ccccc23)NC(=O)[C@@H]2CCCN2C(=O)[C@@H](Cc2cccs2)NC(=O)[C@H](Cc2cnc[nH]2)NC(=O)[C@@H]1CC(=O)O. The Bertz CT molecular complexity index is 2460. The Morgan fingerprint density at radius 2 is 1.64 bits per heavy atom. The molecule has 370 valence electrons. The van der Waals surface area contributed by atoms with Gasteiger partial charge in [0, 0.05) is 73.1 Å². The van der Waals surface area contributed by atoms with Gasteiger partial charge in [0.2, 0.25) is 47.3 Å². The number of carboxylic acids is 1. The number of aromatic amines is 2. The van der Waals surface area contributed by atoms with E-state index in [1.807, 2.05) is 31.2 Å². The summed E-state index contributed by atoms with van der Waals surface area (Å²) in [5.74, 6) is -7.83. The first-order valence-corrected chi connectivity index (χ1v) is 24.2. The van der Waals surface area contributed by atoms with E-state index in [1.54, 1.807) is 23.7 Å². The molecule has 0 saturated carbocycles. The molecule has 0 unspecified atom stereocenters. The smallest absolute Gasteiger partial charge is 0.305 e. The van der Waals surface area contributed by atoms with E-state index in [0.717, 1.165) is 21.4 Å². The average Bonchev–Trinajstić information content (AvgIpc) is 4.17. The molecule has 21 nitrogen and oxygen atoms in total. The van der Waals surface area contributed by atoms with Crippen LogP contribution in [0.3, 0.4) is 0 Å². The zero-order chi connectivity index (χ0) is 49.6. The molecule has 0 spiro atoms. The van der Waals surface area contributed by atoms with Gasteiger partial charge in [0.25, 0.3) is 0 Å². The lowest BCUT2D eigenvalue weighted by molar-refractivity contribution is -0.154. The van der Waals surface area contributed by atoms with Crippen molar-refractivity contribution in [3.8, 4) is 0 Å². The van der Waals surface area contributed by atoms with Crippen LogP contribution in [0.15, 0.2) is 60.5 Å². The Labute approximate surface area is 402 Å². The molecule has 10 N–H and O–H groups in total. The van der Waals surface area contributed by atoms with Crippen LogP contribution < -0.4 is 32.3 Å². The maximum Gasteiger partial charge on any atom is 0.305 e. The number of rotatable bonds is 14. The molecule has 0 aliphatic carbocycles. The van der Waals surface area contributed by atoms with Crippen LogP contribution in [0.5, 0.6) is 0 Å². The number of primary amides is 1.